The number of anilines is 1. The average Bonchev–Trinajstić information content (AvgIpc) is 2.91. The van der Waals surface area contributed by atoms with Crippen molar-refractivity contribution in [3.05, 3.63) is 65.0 Å². The van der Waals surface area contributed by atoms with Crippen LogP contribution in [0.4, 0.5) is 10.5 Å². The standard InChI is InChI=1S/C18H16N2O2S/c1-12-14-9-5-6-10-16(14)23-17(12)15(19)11-22-18(21)20-13-7-3-2-4-8-13/h2-10,19H,11H2,1H3,(H,20,21). The van der Waals surface area contributed by atoms with Gasteiger partial charge in [0.1, 0.15) is 6.61 Å². The molecule has 0 fully saturated rings. The van der Waals surface area contributed by atoms with E-state index >= 15 is 0 Å². The lowest BCUT2D eigenvalue weighted by atomic mass is 10.1. The molecule has 1 amide bonds. The Balaban J connectivity index is 1.64. The van der Waals surface area contributed by atoms with Gasteiger partial charge in [0, 0.05) is 10.4 Å². The molecule has 0 spiro atoms. The molecular weight excluding hydrogens is 308 g/mol. The average molecular weight is 324 g/mol. The Morgan fingerprint density at radius 3 is 2.57 bits per heavy atom. The molecule has 116 valence electrons. The number of thiophene rings is 1. The van der Waals surface area contributed by atoms with Crippen LogP contribution in [0.3, 0.4) is 0 Å². The molecule has 1 heterocycles. The largest absolute Gasteiger partial charge is 0.443 e. The molecule has 0 aliphatic rings. The minimum atomic E-state index is -0.556. The Bertz CT molecular complexity index is 856. The summed E-state index contributed by atoms with van der Waals surface area (Å²) < 4.78 is 6.28. The number of rotatable bonds is 4. The van der Waals surface area contributed by atoms with Crippen molar-refractivity contribution in [2.45, 2.75) is 6.92 Å². The van der Waals surface area contributed by atoms with E-state index in [9.17, 15) is 4.79 Å². The highest BCUT2D eigenvalue weighted by Gasteiger charge is 2.14. The quantitative estimate of drug-likeness (QED) is 0.675. The van der Waals surface area contributed by atoms with Crippen molar-refractivity contribution >= 4 is 38.9 Å². The van der Waals surface area contributed by atoms with E-state index in [0.717, 1.165) is 20.5 Å². The van der Waals surface area contributed by atoms with E-state index < -0.39 is 6.09 Å². The number of carbonyl (C=O) groups excluding carboxylic acids is 1. The van der Waals surface area contributed by atoms with Gasteiger partial charge in [0.2, 0.25) is 0 Å². The molecule has 0 atom stereocenters. The molecule has 2 N–H and O–H groups in total. The summed E-state index contributed by atoms with van der Waals surface area (Å²) in [6.45, 7) is 1.94. The Morgan fingerprint density at radius 2 is 1.83 bits per heavy atom. The molecule has 5 heteroatoms. The minimum absolute atomic E-state index is 0.0493. The summed E-state index contributed by atoms with van der Waals surface area (Å²) in [7, 11) is 0. The first-order valence-electron chi connectivity index (χ1n) is 7.20. The van der Waals surface area contributed by atoms with Gasteiger partial charge in [-0.1, -0.05) is 36.4 Å². The lowest BCUT2D eigenvalue weighted by Gasteiger charge is -2.07. The van der Waals surface area contributed by atoms with E-state index in [0.29, 0.717) is 11.4 Å². The van der Waals surface area contributed by atoms with Crippen LogP contribution in [-0.4, -0.2) is 18.4 Å². The molecule has 0 saturated heterocycles. The number of hydrogen-bond acceptors (Lipinski definition) is 4. The third-order valence-electron chi connectivity index (χ3n) is 3.49. The van der Waals surface area contributed by atoms with E-state index in [2.05, 4.69) is 5.32 Å². The van der Waals surface area contributed by atoms with Crippen molar-refractivity contribution in [2.24, 2.45) is 0 Å². The van der Waals surface area contributed by atoms with E-state index in [1.165, 1.54) is 0 Å². The molecule has 0 bridgehead atoms. The van der Waals surface area contributed by atoms with E-state index in [1.54, 1.807) is 23.5 Å². The smallest absolute Gasteiger partial charge is 0.412 e. The number of aryl methyl sites for hydroxylation is 1. The Labute approximate surface area is 138 Å². The maximum atomic E-state index is 11.8. The van der Waals surface area contributed by atoms with Gasteiger partial charge >= 0.3 is 6.09 Å². The highest BCUT2D eigenvalue weighted by atomic mass is 32.1. The number of carbonyl (C=O) groups is 1. The molecule has 0 aliphatic carbocycles. The van der Waals surface area contributed by atoms with Crippen LogP contribution in [0.5, 0.6) is 0 Å². The first-order valence-corrected chi connectivity index (χ1v) is 8.01. The summed E-state index contributed by atoms with van der Waals surface area (Å²) in [5, 5.41) is 12.0. The highest BCUT2D eigenvalue weighted by Crippen LogP contribution is 2.30. The Kier molecular flexibility index (Phi) is 4.39. The third-order valence-corrected chi connectivity index (χ3v) is 4.82. The summed E-state index contributed by atoms with van der Waals surface area (Å²) >= 11 is 1.55. The zero-order chi connectivity index (χ0) is 16.2. The van der Waals surface area contributed by atoms with Gasteiger partial charge in [-0.2, -0.15) is 0 Å². The number of hydrogen-bond donors (Lipinski definition) is 2. The summed E-state index contributed by atoms with van der Waals surface area (Å²) in [6, 6.07) is 17.1. The van der Waals surface area contributed by atoms with E-state index in [4.69, 9.17) is 10.1 Å². The number of amides is 1. The van der Waals surface area contributed by atoms with E-state index in [1.807, 2.05) is 49.4 Å². The summed E-state index contributed by atoms with van der Waals surface area (Å²) in [4.78, 5) is 12.6. The lowest BCUT2D eigenvalue weighted by Crippen LogP contribution is -2.18. The number of para-hydroxylation sites is 1. The molecule has 4 nitrogen and oxygen atoms in total. The van der Waals surface area contributed by atoms with E-state index in [-0.39, 0.29) is 6.61 Å². The Morgan fingerprint density at radius 1 is 1.13 bits per heavy atom. The van der Waals surface area contributed by atoms with Gasteiger partial charge in [0.25, 0.3) is 0 Å². The first-order chi connectivity index (χ1) is 11.1. The van der Waals surface area contributed by atoms with Gasteiger partial charge in [-0.3, -0.25) is 5.32 Å². The molecule has 2 aromatic carbocycles. The van der Waals surface area contributed by atoms with Crippen LogP contribution in [0.25, 0.3) is 10.1 Å². The third kappa shape index (κ3) is 3.40. The van der Waals surface area contributed by atoms with Crippen molar-refractivity contribution < 1.29 is 9.53 Å². The fraction of sp³-hybridized carbons (Fsp3) is 0.111. The first kappa shape index (κ1) is 15.2. The minimum Gasteiger partial charge on any atom is -0.443 e. The zero-order valence-electron chi connectivity index (χ0n) is 12.6. The normalized spacial score (nSPS) is 10.5. The molecule has 1 aromatic heterocycles. The van der Waals surface area contributed by atoms with Gasteiger partial charge in [0.05, 0.1) is 10.6 Å². The fourth-order valence-electron chi connectivity index (χ4n) is 2.34. The monoisotopic (exact) mass is 324 g/mol. The van der Waals surface area contributed by atoms with Crippen molar-refractivity contribution in [2.75, 3.05) is 11.9 Å². The lowest BCUT2D eigenvalue weighted by molar-refractivity contribution is 0.177. The van der Waals surface area contributed by atoms with Crippen LogP contribution in [0.15, 0.2) is 54.6 Å². The Hall–Kier alpha value is -2.66. The van der Waals surface area contributed by atoms with Crippen LogP contribution < -0.4 is 5.32 Å². The zero-order valence-corrected chi connectivity index (χ0v) is 13.4. The van der Waals surface area contributed by atoms with Crippen LogP contribution in [-0.2, 0) is 4.74 Å². The van der Waals surface area contributed by atoms with Crippen LogP contribution in [0, 0.1) is 12.3 Å². The SMILES string of the molecule is Cc1c(C(=N)COC(=O)Nc2ccccc2)sc2ccccc12. The van der Waals surface area contributed by atoms with Crippen molar-refractivity contribution in [3.63, 3.8) is 0 Å². The molecule has 0 aliphatic heterocycles. The van der Waals surface area contributed by atoms with Gasteiger partial charge in [-0.15, -0.1) is 11.3 Å². The molecular formula is C18H16N2O2S. The number of ether oxygens (including phenoxy) is 1. The topological polar surface area (TPSA) is 62.2 Å². The number of benzene rings is 2. The van der Waals surface area contributed by atoms with Crippen molar-refractivity contribution in [3.8, 4) is 0 Å². The molecule has 0 radical (unpaired) electrons. The predicted molar refractivity (Wildman–Crippen MR) is 94.8 cm³/mol. The van der Waals surface area contributed by atoms with Crippen molar-refractivity contribution in [1.82, 2.24) is 0 Å². The van der Waals surface area contributed by atoms with Crippen LogP contribution >= 0.6 is 11.3 Å². The number of nitrogens with one attached hydrogen (secondary N) is 2. The van der Waals surface area contributed by atoms with Gasteiger partial charge in [0.15, 0.2) is 0 Å². The van der Waals surface area contributed by atoms with Gasteiger partial charge in [-0.05, 0) is 36.1 Å². The van der Waals surface area contributed by atoms with Gasteiger partial charge in [-0.25, -0.2) is 4.79 Å². The highest BCUT2D eigenvalue weighted by molar-refractivity contribution is 7.21. The number of fused-ring (bicyclic) bond motifs is 1. The van der Waals surface area contributed by atoms with Crippen LogP contribution in [0.1, 0.15) is 10.4 Å². The second-order valence-electron chi connectivity index (χ2n) is 5.10. The molecule has 0 saturated carbocycles. The fourth-order valence-corrected chi connectivity index (χ4v) is 3.48. The summed E-state index contributed by atoms with van der Waals surface area (Å²) in [6.07, 6.45) is -0.556. The molecule has 0 unspecified atom stereocenters. The van der Waals surface area contributed by atoms with Gasteiger partial charge < -0.3 is 10.1 Å². The van der Waals surface area contributed by atoms with Crippen LogP contribution in [0.2, 0.25) is 0 Å². The molecule has 3 rings (SSSR count). The predicted octanol–water partition coefficient (Wildman–Crippen LogP) is 4.83. The summed E-state index contributed by atoms with van der Waals surface area (Å²) in [5.41, 5.74) is 2.04. The summed E-state index contributed by atoms with van der Waals surface area (Å²) in [5.74, 6) is 0. The molecule has 23 heavy (non-hydrogen) atoms. The maximum Gasteiger partial charge on any atom is 0.412 e. The molecule has 3 aromatic rings. The second kappa shape index (κ2) is 6.62. The maximum absolute atomic E-state index is 11.8. The van der Waals surface area contributed by atoms with Crippen molar-refractivity contribution in [1.29, 1.82) is 5.41 Å². The second-order valence-corrected chi connectivity index (χ2v) is 6.15.